The van der Waals surface area contributed by atoms with Crippen LogP contribution >= 0.6 is 15.9 Å². The van der Waals surface area contributed by atoms with Gasteiger partial charge in [-0.15, -0.1) is 0 Å². The zero-order valence-corrected chi connectivity index (χ0v) is 34.7. The molecule has 0 radical (unpaired) electrons. The number of fused-ring (bicyclic) bond motifs is 9. The molecule has 0 amide bonds. The first kappa shape index (κ1) is 40.0. The number of hydrogen-bond acceptors (Lipinski definition) is 11. The van der Waals surface area contributed by atoms with Crippen molar-refractivity contribution >= 4 is 39.8 Å². The molecule has 0 aromatic heterocycles. The van der Waals surface area contributed by atoms with E-state index in [0.717, 1.165) is 12.2 Å². The number of carbonyl (C=O) groups excluding carboxylic acids is 4. The highest BCUT2D eigenvalue weighted by molar-refractivity contribution is 9.10. The van der Waals surface area contributed by atoms with Crippen LogP contribution in [0.2, 0.25) is 0 Å². The Bertz CT molecular complexity index is 1830. The number of rotatable bonds is 7. The van der Waals surface area contributed by atoms with Gasteiger partial charge in [-0.3, -0.25) is 9.59 Å². The number of halogens is 1. The predicted octanol–water partition coefficient (Wildman–Crippen LogP) is 7.03. The van der Waals surface area contributed by atoms with Crippen LogP contribution in [0.5, 0.6) is 0 Å². The van der Waals surface area contributed by atoms with Gasteiger partial charge in [0.15, 0.2) is 6.10 Å². The van der Waals surface area contributed by atoms with E-state index in [2.05, 4.69) is 42.8 Å². The number of aliphatic hydroxyl groups is 1. The summed E-state index contributed by atoms with van der Waals surface area (Å²) in [6.07, 6.45) is 6.79. The van der Waals surface area contributed by atoms with E-state index in [4.69, 9.17) is 28.4 Å². The van der Waals surface area contributed by atoms with Crippen LogP contribution in [0.4, 0.5) is 0 Å². The minimum atomic E-state index is -1.59. The molecule has 4 saturated carbocycles. The Kier molecular flexibility index (Phi) is 9.97. The van der Waals surface area contributed by atoms with E-state index in [1.165, 1.54) is 21.0 Å². The molecule has 3 unspecified atom stereocenters. The predicted molar refractivity (Wildman–Crippen MR) is 203 cm³/mol. The van der Waals surface area contributed by atoms with Crippen molar-refractivity contribution in [2.75, 3.05) is 13.7 Å². The number of methoxy groups -OCH3 is 1. The molecule has 6 aliphatic rings. The lowest BCUT2D eigenvalue weighted by Gasteiger charge is -2.73. The second-order valence-corrected chi connectivity index (χ2v) is 18.4. The van der Waals surface area contributed by atoms with Crippen molar-refractivity contribution in [2.45, 2.75) is 129 Å². The van der Waals surface area contributed by atoms with Gasteiger partial charge in [0.2, 0.25) is 5.60 Å². The number of esters is 4. The molecular formula is C43H55BrO11. The Hall–Kier alpha value is -3.22. The fourth-order valence-electron chi connectivity index (χ4n) is 12.9. The van der Waals surface area contributed by atoms with Gasteiger partial charge in [-0.05, 0) is 122 Å². The van der Waals surface area contributed by atoms with Crippen LogP contribution < -0.4 is 0 Å². The van der Waals surface area contributed by atoms with Crippen LogP contribution in [-0.4, -0.2) is 78.3 Å². The van der Waals surface area contributed by atoms with Crippen LogP contribution in [0.1, 0.15) is 104 Å². The molecule has 7 rings (SSSR count). The maximum absolute atomic E-state index is 13.8. The first-order valence-corrected chi connectivity index (χ1v) is 20.5. The van der Waals surface area contributed by atoms with Gasteiger partial charge in [0.05, 0.1) is 36.4 Å². The summed E-state index contributed by atoms with van der Waals surface area (Å²) >= 11 is 3.51. The number of carbonyl (C=O) groups is 4. The fraction of sp³-hybridized carbons (Fsp3) is 0.674. The molecule has 0 spiro atoms. The van der Waals surface area contributed by atoms with Crippen molar-refractivity contribution in [1.82, 2.24) is 0 Å². The van der Waals surface area contributed by atoms with Gasteiger partial charge in [-0.1, -0.05) is 39.0 Å². The van der Waals surface area contributed by atoms with Crippen molar-refractivity contribution < 1.29 is 52.7 Å². The molecule has 12 heteroatoms. The Labute approximate surface area is 332 Å². The quantitative estimate of drug-likeness (QED) is 0.172. The number of epoxide rings is 1. The van der Waals surface area contributed by atoms with E-state index >= 15 is 0 Å². The molecule has 55 heavy (non-hydrogen) atoms. The number of hydrogen-bond donors (Lipinski definition) is 1. The first-order chi connectivity index (χ1) is 25.9. The zero-order valence-electron chi connectivity index (χ0n) is 33.1. The molecule has 1 saturated heterocycles. The van der Waals surface area contributed by atoms with Crippen molar-refractivity contribution in [1.29, 1.82) is 0 Å². The fourth-order valence-corrected chi connectivity index (χ4v) is 13.4. The molecule has 0 bridgehead atoms. The standard InChI is InChI=1S/C43H55BrO11/c1-9-12-27-15-16-31-38(5)20-17-32-39(6,30(38)18-21-41(31,23-51-27)24(2)52-36(47)28-13-10-11-14-29(28)44)34(53-25(3)45)35(54-26(4)46)40(7)42(32,49)22-19-33-43(40,55-33)37(48)50-8/h10-16,24,30-35,49H,9,17-23H2,1-8H3/b27-12+/t24?,30?,31-,32?,33+,34+,35-,38+,39+,40+,41-,42+,43-/m0/s1. The van der Waals surface area contributed by atoms with Gasteiger partial charge < -0.3 is 33.5 Å². The van der Waals surface area contributed by atoms with Gasteiger partial charge in [0, 0.05) is 29.2 Å². The number of benzene rings is 1. The summed E-state index contributed by atoms with van der Waals surface area (Å²) in [5.41, 5.74) is -6.33. The number of ether oxygens (including phenoxy) is 6. The van der Waals surface area contributed by atoms with Crippen molar-refractivity contribution in [3.63, 3.8) is 0 Å². The highest BCUT2D eigenvalue weighted by atomic mass is 79.9. The molecule has 2 heterocycles. The molecule has 4 aliphatic carbocycles. The second kappa shape index (κ2) is 13.7. The van der Waals surface area contributed by atoms with E-state index in [1.807, 2.05) is 31.2 Å². The Morgan fingerprint density at radius 3 is 2.31 bits per heavy atom. The van der Waals surface area contributed by atoms with E-state index in [9.17, 15) is 24.3 Å². The van der Waals surface area contributed by atoms with E-state index in [1.54, 1.807) is 19.1 Å². The maximum atomic E-state index is 13.8. The third-order valence-electron chi connectivity index (χ3n) is 15.3. The average Bonchev–Trinajstić information content (AvgIpc) is 3.91. The average molecular weight is 828 g/mol. The third kappa shape index (κ3) is 5.46. The highest BCUT2D eigenvalue weighted by Crippen LogP contribution is 2.78. The van der Waals surface area contributed by atoms with E-state index in [-0.39, 0.29) is 11.8 Å². The van der Waals surface area contributed by atoms with Crippen LogP contribution in [0, 0.1) is 39.4 Å². The minimum Gasteiger partial charge on any atom is -0.493 e. The summed E-state index contributed by atoms with van der Waals surface area (Å²) in [6, 6.07) is 7.20. The summed E-state index contributed by atoms with van der Waals surface area (Å²) in [7, 11) is 1.28. The summed E-state index contributed by atoms with van der Waals surface area (Å²) in [4.78, 5) is 53.9. The minimum absolute atomic E-state index is 0.182. The summed E-state index contributed by atoms with van der Waals surface area (Å²) in [5.74, 6) is -2.36. The van der Waals surface area contributed by atoms with Gasteiger partial charge in [-0.2, -0.15) is 0 Å². The highest BCUT2D eigenvalue weighted by Gasteiger charge is 2.89. The normalized spacial score (nSPS) is 43.7. The molecule has 5 fully saturated rings. The van der Waals surface area contributed by atoms with Crippen LogP contribution in [-0.2, 0) is 42.8 Å². The zero-order chi connectivity index (χ0) is 39.9. The van der Waals surface area contributed by atoms with Crippen LogP contribution in [0.15, 0.2) is 52.7 Å². The lowest BCUT2D eigenvalue weighted by atomic mass is 9.32. The lowest BCUT2D eigenvalue weighted by molar-refractivity contribution is -0.339. The molecule has 2 aliphatic heterocycles. The van der Waals surface area contributed by atoms with Crippen molar-refractivity contribution in [3.8, 4) is 0 Å². The van der Waals surface area contributed by atoms with Crippen LogP contribution in [0.3, 0.4) is 0 Å². The smallest absolute Gasteiger partial charge is 0.341 e. The Morgan fingerprint density at radius 2 is 1.65 bits per heavy atom. The van der Waals surface area contributed by atoms with Crippen molar-refractivity contribution in [2.24, 2.45) is 39.4 Å². The van der Waals surface area contributed by atoms with Gasteiger partial charge in [-0.25, -0.2) is 9.59 Å². The lowest BCUT2D eigenvalue weighted by Crippen LogP contribution is -2.82. The molecule has 300 valence electrons. The van der Waals surface area contributed by atoms with E-state index in [0.29, 0.717) is 55.2 Å². The number of allylic oxidation sites excluding steroid dienone is 3. The second-order valence-electron chi connectivity index (χ2n) is 17.5. The van der Waals surface area contributed by atoms with Gasteiger partial charge in [0.1, 0.15) is 18.0 Å². The van der Waals surface area contributed by atoms with Crippen molar-refractivity contribution in [3.05, 3.63) is 58.3 Å². The Morgan fingerprint density at radius 1 is 0.982 bits per heavy atom. The maximum Gasteiger partial charge on any atom is 0.341 e. The Balaban J connectivity index is 1.37. The third-order valence-corrected chi connectivity index (χ3v) is 16.0. The first-order valence-electron chi connectivity index (χ1n) is 19.7. The van der Waals surface area contributed by atoms with Gasteiger partial charge in [0.25, 0.3) is 0 Å². The largest absolute Gasteiger partial charge is 0.493 e. The molecule has 1 aromatic carbocycles. The summed E-state index contributed by atoms with van der Waals surface area (Å²) in [5, 5.41) is 13.4. The summed E-state index contributed by atoms with van der Waals surface area (Å²) in [6.45, 7) is 13.0. The summed E-state index contributed by atoms with van der Waals surface area (Å²) < 4.78 is 37.8. The van der Waals surface area contributed by atoms with E-state index < -0.39 is 87.1 Å². The van der Waals surface area contributed by atoms with Crippen LogP contribution in [0.25, 0.3) is 0 Å². The topological polar surface area (TPSA) is 147 Å². The molecule has 11 nitrogen and oxygen atoms in total. The molecule has 13 atom stereocenters. The monoisotopic (exact) mass is 826 g/mol. The SMILES string of the molecule is CC/C=C1\C=C[C@@H]2[C@@](C(C)OC(=O)c3ccccc3Br)(CCC3[C@]4(C)C(CC[C@]32C)[C@]2(O)CC[C@H]3O[C@@]3(C(=O)OC)[C@]2(C)[C@@H](OC(C)=O)[C@H]4OC(C)=O)CO1. The van der Waals surface area contributed by atoms with Gasteiger partial charge >= 0.3 is 23.9 Å². The molecule has 1 aromatic rings. The molecular weight excluding hydrogens is 772 g/mol. The molecule has 1 N–H and O–H groups in total.